The van der Waals surface area contributed by atoms with Crippen molar-refractivity contribution in [2.24, 2.45) is 0 Å². The number of aryl methyl sites for hydroxylation is 1. The fourth-order valence-corrected chi connectivity index (χ4v) is 5.74. The molecular formula is C20H25N5OS2. The van der Waals surface area contributed by atoms with Gasteiger partial charge in [0.2, 0.25) is 5.91 Å². The van der Waals surface area contributed by atoms with Crippen LogP contribution in [-0.2, 0) is 11.3 Å². The average Bonchev–Trinajstić information content (AvgIpc) is 3.29. The number of carbonyl (C=O) groups is 1. The van der Waals surface area contributed by atoms with Gasteiger partial charge < -0.3 is 9.47 Å². The van der Waals surface area contributed by atoms with E-state index in [4.69, 9.17) is 0 Å². The Bertz CT molecular complexity index is 928. The molecule has 4 rings (SSSR count). The van der Waals surface area contributed by atoms with Crippen molar-refractivity contribution in [2.45, 2.75) is 56.8 Å². The Labute approximate surface area is 173 Å². The van der Waals surface area contributed by atoms with Crippen LogP contribution in [0.15, 0.2) is 29.4 Å². The van der Waals surface area contributed by atoms with Gasteiger partial charge in [-0.3, -0.25) is 4.79 Å². The zero-order valence-corrected chi connectivity index (χ0v) is 17.9. The fourth-order valence-electron chi connectivity index (χ4n) is 3.72. The number of hydrogen-bond donors (Lipinski definition) is 0. The van der Waals surface area contributed by atoms with Crippen molar-refractivity contribution >= 4 is 39.2 Å². The number of para-hydroxylation sites is 1. The summed E-state index contributed by atoms with van der Waals surface area (Å²) in [6.07, 6.45) is 6.19. The van der Waals surface area contributed by atoms with Crippen molar-refractivity contribution in [2.75, 3.05) is 12.8 Å². The van der Waals surface area contributed by atoms with E-state index in [-0.39, 0.29) is 5.91 Å². The quantitative estimate of drug-likeness (QED) is 0.557. The second kappa shape index (κ2) is 8.61. The molecule has 0 N–H and O–H groups in total. The van der Waals surface area contributed by atoms with E-state index in [1.807, 2.05) is 32.2 Å². The second-order valence-electron chi connectivity index (χ2n) is 7.31. The monoisotopic (exact) mass is 415 g/mol. The minimum Gasteiger partial charge on any atom is -0.338 e. The van der Waals surface area contributed by atoms with E-state index in [9.17, 15) is 4.79 Å². The van der Waals surface area contributed by atoms with Gasteiger partial charge in [-0.2, -0.15) is 0 Å². The first-order chi connectivity index (χ1) is 13.6. The van der Waals surface area contributed by atoms with Crippen molar-refractivity contribution < 1.29 is 4.79 Å². The van der Waals surface area contributed by atoms with Gasteiger partial charge in [-0.1, -0.05) is 43.2 Å². The highest BCUT2D eigenvalue weighted by atomic mass is 32.2. The third kappa shape index (κ3) is 4.22. The SMILES string of the molecule is Cc1nnc(SCC(=O)N(C)Cc2nc3ccccc3s2)n1C1CCCCC1. The summed E-state index contributed by atoms with van der Waals surface area (Å²) in [7, 11) is 1.84. The summed E-state index contributed by atoms with van der Waals surface area (Å²) in [4.78, 5) is 19.0. The fraction of sp³-hybridized carbons (Fsp3) is 0.500. The first-order valence-corrected chi connectivity index (χ1v) is 11.5. The van der Waals surface area contributed by atoms with Crippen molar-refractivity contribution in [3.63, 3.8) is 0 Å². The van der Waals surface area contributed by atoms with Crippen LogP contribution in [0.4, 0.5) is 0 Å². The van der Waals surface area contributed by atoms with Crippen molar-refractivity contribution in [3.8, 4) is 0 Å². The number of nitrogens with zero attached hydrogens (tertiary/aromatic N) is 5. The normalized spacial score (nSPS) is 15.2. The first-order valence-electron chi connectivity index (χ1n) is 9.74. The van der Waals surface area contributed by atoms with E-state index < -0.39 is 0 Å². The maximum atomic E-state index is 12.7. The Morgan fingerprint density at radius 3 is 2.82 bits per heavy atom. The first kappa shape index (κ1) is 19.4. The van der Waals surface area contributed by atoms with Crippen LogP contribution in [0.3, 0.4) is 0 Å². The molecule has 2 heterocycles. The summed E-state index contributed by atoms with van der Waals surface area (Å²) < 4.78 is 3.40. The molecule has 1 aliphatic rings. The van der Waals surface area contributed by atoms with E-state index in [1.54, 1.807) is 16.2 Å². The molecule has 1 fully saturated rings. The molecule has 0 spiro atoms. The Morgan fingerprint density at radius 1 is 1.25 bits per heavy atom. The van der Waals surface area contributed by atoms with Crippen molar-refractivity contribution in [3.05, 3.63) is 35.1 Å². The highest BCUT2D eigenvalue weighted by Crippen LogP contribution is 2.32. The van der Waals surface area contributed by atoms with Crippen LogP contribution in [0.25, 0.3) is 10.2 Å². The molecule has 28 heavy (non-hydrogen) atoms. The number of fused-ring (bicyclic) bond motifs is 1. The van der Waals surface area contributed by atoms with Crippen LogP contribution in [0.5, 0.6) is 0 Å². The Morgan fingerprint density at radius 2 is 2.04 bits per heavy atom. The van der Waals surface area contributed by atoms with Crippen molar-refractivity contribution in [1.82, 2.24) is 24.6 Å². The third-order valence-corrected chi connectivity index (χ3v) is 7.18. The highest BCUT2D eigenvalue weighted by molar-refractivity contribution is 7.99. The molecule has 0 bridgehead atoms. The second-order valence-corrected chi connectivity index (χ2v) is 9.36. The minimum absolute atomic E-state index is 0.0834. The Hall–Kier alpha value is -1.93. The van der Waals surface area contributed by atoms with E-state index in [0.29, 0.717) is 18.3 Å². The standard InChI is InChI=1S/C20H25N5OS2/c1-14-22-23-20(25(14)15-8-4-3-5-9-15)27-13-19(26)24(2)12-18-21-16-10-6-7-11-17(16)28-18/h6-7,10-11,15H,3-5,8-9,12-13H2,1-2H3. The molecule has 1 saturated carbocycles. The molecule has 148 valence electrons. The van der Waals surface area contributed by atoms with Crippen LogP contribution in [-0.4, -0.2) is 43.4 Å². The molecule has 0 aliphatic heterocycles. The lowest BCUT2D eigenvalue weighted by Gasteiger charge is -2.25. The summed E-state index contributed by atoms with van der Waals surface area (Å²) in [5, 5.41) is 10.4. The largest absolute Gasteiger partial charge is 0.338 e. The topological polar surface area (TPSA) is 63.9 Å². The van der Waals surface area contributed by atoms with Crippen LogP contribution >= 0.6 is 23.1 Å². The van der Waals surface area contributed by atoms with Gasteiger partial charge in [-0.05, 0) is 31.9 Å². The molecule has 0 unspecified atom stereocenters. The maximum absolute atomic E-state index is 12.7. The highest BCUT2D eigenvalue weighted by Gasteiger charge is 2.22. The molecule has 1 aliphatic carbocycles. The Kier molecular flexibility index (Phi) is 5.96. The number of hydrogen-bond acceptors (Lipinski definition) is 6. The van der Waals surface area contributed by atoms with Gasteiger partial charge in [0, 0.05) is 13.1 Å². The smallest absolute Gasteiger partial charge is 0.233 e. The van der Waals surface area contributed by atoms with Gasteiger partial charge in [0.05, 0.1) is 22.5 Å². The molecule has 3 aromatic rings. The van der Waals surface area contributed by atoms with Gasteiger partial charge in [0.25, 0.3) is 0 Å². The minimum atomic E-state index is 0.0834. The summed E-state index contributed by atoms with van der Waals surface area (Å²) in [6, 6.07) is 8.55. The number of thiazole rings is 1. The van der Waals surface area contributed by atoms with Crippen LogP contribution in [0.2, 0.25) is 0 Å². The Balaban J connectivity index is 1.37. The summed E-state index contributed by atoms with van der Waals surface area (Å²) in [5.74, 6) is 1.40. The summed E-state index contributed by atoms with van der Waals surface area (Å²) >= 11 is 3.14. The van der Waals surface area contributed by atoms with Gasteiger partial charge in [0.15, 0.2) is 5.16 Å². The number of rotatable bonds is 6. The average molecular weight is 416 g/mol. The molecule has 1 aromatic carbocycles. The molecule has 0 atom stereocenters. The molecule has 6 nitrogen and oxygen atoms in total. The van der Waals surface area contributed by atoms with E-state index >= 15 is 0 Å². The van der Waals surface area contributed by atoms with Gasteiger partial charge >= 0.3 is 0 Å². The number of amides is 1. The molecule has 2 aromatic heterocycles. The molecule has 0 saturated heterocycles. The van der Waals surface area contributed by atoms with Gasteiger partial charge in [-0.25, -0.2) is 4.98 Å². The predicted molar refractivity (Wildman–Crippen MR) is 114 cm³/mol. The molecule has 8 heteroatoms. The van der Waals surface area contributed by atoms with E-state index in [1.165, 1.54) is 43.9 Å². The van der Waals surface area contributed by atoms with Crippen LogP contribution in [0.1, 0.15) is 49.0 Å². The molecule has 0 radical (unpaired) electrons. The predicted octanol–water partition coefficient (Wildman–Crippen LogP) is 4.45. The van der Waals surface area contributed by atoms with Gasteiger partial charge in [-0.15, -0.1) is 21.5 Å². The number of thioether (sulfide) groups is 1. The zero-order valence-electron chi connectivity index (χ0n) is 16.3. The van der Waals surface area contributed by atoms with E-state index in [0.717, 1.165) is 26.2 Å². The number of carbonyl (C=O) groups excluding carboxylic acids is 1. The third-order valence-electron chi connectivity index (χ3n) is 5.24. The lowest BCUT2D eigenvalue weighted by Crippen LogP contribution is -2.28. The molecular weight excluding hydrogens is 390 g/mol. The number of benzene rings is 1. The maximum Gasteiger partial charge on any atom is 0.233 e. The van der Waals surface area contributed by atoms with Crippen LogP contribution in [0, 0.1) is 6.92 Å². The van der Waals surface area contributed by atoms with Gasteiger partial charge in [0.1, 0.15) is 10.8 Å². The summed E-state index contributed by atoms with van der Waals surface area (Å²) in [5.41, 5.74) is 0.994. The lowest BCUT2D eigenvalue weighted by atomic mass is 9.95. The summed E-state index contributed by atoms with van der Waals surface area (Å²) in [6.45, 7) is 2.54. The van der Waals surface area contributed by atoms with Crippen LogP contribution < -0.4 is 0 Å². The zero-order chi connectivity index (χ0) is 19.5. The lowest BCUT2D eigenvalue weighted by molar-refractivity contribution is -0.127. The van der Waals surface area contributed by atoms with E-state index in [2.05, 4.69) is 25.8 Å². The van der Waals surface area contributed by atoms with Crippen molar-refractivity contribution in [1.29, 1.82) is 0 Å². The number of aromatic nitrogens is 4. The molecule has 1 amide bonds.